The maximum Gasteiger partial charge on any atom is 0.182 e. The number of H-pyrrole nitrogens is 1. The third-order valence-corrected chi connectivity index (χ3v) is 3.09. The number of nitrogens with zero attached hydrogens (tertiary/aromatic N) is 1. The molecule has 6 heteroatoms. The first-order valence-electron chi connectivity index (χ1n) is 5.42. The van der Waals surface area contributed by atoms with Crippen LogP contribution in [0.5, 0.6) is 0 Å². The molecule has 0 atom stereocenters. The maximum atomic E-state index is 13.3. The highest BCUT2D eigenvalue weighted by Crippen LogP contribution is 2.21. The topological polar surface area (TPSA) is 20.7 Å². The van der Waals surface area contributed by atoms with Crippen LogP contribution in [0.15, 0.2) is 36.4 Å². The van der Waals surface area contributed by atoms with E-state index in [9.17, 15) is 13.2 Å². The van der Waals surface area contributed by atoms with Crippen molar-refractivity contribution in [3.63, 3.8) is 0 Å². The van der Waals surface area contributed by atoms with Crippen LogP contribution < -0.4 is 0 Å². The molecule has 2 aromatic carbocycles. The van der Waals surface area contributed by atoms with Crippen LogP contribution in [0, 0.1) is 22.2 Å². The van der Waals surface area contributed by atoms with Gasteiger partial charge in [0.25, 0.3) is 0 Å². The molecule has 0 aliphatic carbocycles. The summed E-state index contributed by atoms with van der Waals surface area (Å²) in [7, 11) is 0. The van der Waals surface area contributed by atoms with Crippen molar-refractivity contribution in [2.24, 2.45) is 0 Å². The van der Waals surface area contributed by atoms with Crippen molar-refractivity contribution in [1.29, 1.82) is 0 Å². The van der Waals surface area contributed by atoms with Gasteiger partial charge in [-0.1, -0.05) is 0 Å². The Morgan fingerprint density at radius 2 is 1.74 bits per heavy atom. The van der Waals surface area contributed by atoms with E-state index in [0.717, 1.165) is 12.1 Å². The number of hydrogen-bond donors (Lipinski definition) is 1. The van der Waals surface area contributed by atoms with Crippen molar-refractivity contribution >= 4 is 23.3 Å². The number of imidazole rings is 1. The van der Waals surface area contributed by atoms with Gasteiger partial charge in [-0.2, -0.15) is 0 Å². The van der Waals surface area contributed by atoms with Crippen LogP contribution in [0.3, 0.4) is 0 Å². The zero-order chi connectivity index (χ0) is 13.6. The Kier molecular flexibility index (Phi) is 2.67. The van der Waals surface area contributed by atoms with Crippen molar-refractivity contribution in [3.8, 4) is 5.69 Å². The monoisotopic (exact) mass is 280 g/mol. The first kappa shape index (κ1) is 12.0. The Labute approximate surface area is 111 Å². The van der Waals surface area contributed by atoms with Gasteiger partial charge in [-0.15, -0.1) is 0 Å². The Bertz CT molecular complexity index is 836. The molecule has 1 N–H and O–H groups in total. The van der Waals surface area contributed by atoms with Crippen LogP contribution in [-0.2, 0) is 0 Å². The van der Waals surface area contributed by atoms with E-state index < -0.39 is 17.5 Å². The summed E-state index contributed by atoms with van der Waals surface area (Å²) in [5.74, 6) is -2.29. The van der Waals surface area contributed by atoms with Crippen LogP contribution in [-0.4, -0.2) is 9.55 Å². The standard InChI is InChI=1S/C13H7F3N2S/c14-7-1-4-12-11(5-7)17-13(19)18(12)8-2-3-9(15)10(16)6-8/h1-6H,(H,17,19). The van der Waals surface area contributed by atoms with Gasteiger partial charge in [0.1, 0.15) is 5.82 Å². The normalized spacial score (nSPS) is 11.1. The lowest BCUT2D eigenvalue weighted by molar-refractivity contribution is 0.508. The number of benzene rings is 2. The zero-order valence-corrected chi connectivity index (χ0v) is 10.3. The van der Waals surface area contributed by atoms with Gasteiger partial charge in [-0.25, -0.2) is 13.2 Å². The number of fused-ring (bicyclic) bond motifs is 1. The lowest BCUT2D eigenvalue weighted by Gasteiger charge is -2.05. The molecule has 0 radical (unpaired) electrons. The molecule has 0 fully saturated rings. The maximum absolute atomic E-state index is 13.3. The van der Waals surface area contributed by atoms with Gasteiger partial charge in [-0.3, -0.25) is 4.57 Å². The molecule has 3 rings (SSSR count). The van der Waals surface area contributed by atoms with Crippen molar-refractivity contribution in [1.82, 2.24) is 9.55 Å². The van der Waals surface area contributed by atoms with E-state index >= 15 is 0 Å². The van der Waals surface area contributed by atoms with Crippen molar-refractivity contribution in [2.75, 3.05) is 0 Å². The molecule has 1 aromatic heterocycles. The lowest BCUT2D eigenvalue weighted by Crippen LogP contribution is -1.96. The molecule has 3 aromatic rings. The largest absolute Gasteiger partial charge is 0.330 e. The molecule has 19 heavy (non-hydrogen) atoms. The Morgan fingerprint density at radius 1 is 0.947 bits per heavy atom. The van der Waals surface area contributed by atoms with E-state index in [-0.39, 0.29) is 4.77 Å². The SMILES string of the molecule is Fc1ccc2c(c1)[nH]c(=S)n2-c1ccc(F)c(F)c1. The fraction of sp³-hybridized carbons (Fsp3) is 0. The van der Waals surface area contributed by atoms with E-state index in [1.54, 1.807) is 0 Å². The van der Waals surface area contributed by atoms with Gasteiger partial charge in [0.2, 0.25) is 0 Å². The van der Waals surface area contributed by atoms with Gasteiger partial charge >= 0.3 is 0 Å². The predicted molar refractivity (Wildman–Crippen MR) is 68.3 cm³/mol. The molecular formula is C13H7F3N2S. The number of nitrogens with one attached hydrogen (secondary N) is 1. The fourth-order valence-electron chi connectivity index (χ4n) is 1.96. The molecule has 0 saturated carbocycles. The summed E-state index contributed by atoms with van der Waals surface area (Å²) in [5, 5.41) is 0. The van der Waals surface area contributed by atoms with E-state index in [2.05, 4.69) is 4.98 Å². The molecule has 0 amide bonds. The summed E-state index contributed by atoms with van der Waals surface area (Å²) >= 11 is 5.12. The summed E-state index contributed by atoms with van der Waals surface area (Å²) in [5.41, 5.74) is 1.47. The average molecular weight is 280 g/mol. The highest BCUT2D eigenvalue weighted by atomic mass is 32.1. The minimum absolute atomic E-state index is 0.284. The third kappa shape index (κ3) is 1.94. The average Bonchev–Trinajstić information content (AvgIpc) is 2.68. The Morgan fingerprint density at radius 3 is 2.47 bits per heavy atom. The van der Waals surface area contributed by atoms with Crippen LogP contribution in [0.25, 0.3) is 16.7 Å². The van der Waals surface area contributed by atoms with Crippen molar-refractivity contribution < 1.29 is 13.2 Å². The van der Waals surface area contributed by atoms with Crippen LogP contribution in [0.4, 0.5) is 13.2 Å². The van der Waals surface area contributed by atoms with Gasteiger partial charge < -0.3 is 4.98 Å². The molecule has 2 nitrogen and oxygen atoms in total. The summed E-state index contributed by atoms with van der Waals surface area (Å²) < 4.78 is 41.1. The molecular weight excluding hydrogens is 273 g/mol. The molecule has 0 aliphatic heterocycles. The second-order valence-corrected chi connectivity index (χ2v) is 4.41. The first-order chi connectivity index (χ1) is 9.06. The van der Waals surface area contributed by atoms with E-state index in [1.165, 1.54) is 28.8 Å². The summed E-state index contributed by atoms with van der Waals surface area (Å²) in [4.78, 5) is 2.82. The van der Waals surface area contributed by atoms with Gasteiger partial charge in [0, 0.05) is 6.07 Å². The number of hydrogen-bond acceptors (Lipinski definition) is 1. The van der Waals surface area contributed by atoms with Crippen LogP contribution >= 0.6 is 12.2 Å². The highest BCUT2D eigenvalue weighted by Gasteiger charge is 2.09. The fourth-order valence-corrected chi connectivity index (χ4v) is 2.28. The van der Waals surface area contributed by atoms with Gasteiger partial charge in [-0.05, 0) is 42.5 Å². The van der Waals surface area contributed by atoms with Gasteiger partial charge in [0.05, 0.1) is 16.7 Å². The number of aromatic nitrogens is 2. The second-order valence-electron chi connectivity index (χ2n) is 4.03. The first-order valence-corrected chi connectivity index (χ1v) is 5.83. The number of aromatic amines is 1. The molecule has 1 heterocycles. The molecule has 0 saturated heterocycles. The van der Waals surface area contributed by atoms with E-state index in [4.69, 9.17) is 12.2 Å². The summed E-state index contributed by atoms with van der Waals surface area (Å²) in [6.45, 7) is 0. The molecule has 0 aliphatic rings. The Hall–Kier alpha value is -2.08. The number of halogens is 3. The van der Waals surface area contributed by atoms with E-state index in [1.807, 2.05) is 0 Å². The number of rotatable bonds is 1. The third-order valence-electron chi connectivity index (χ3n) is 2.81. The second kappa shape index (κ2) is 4.24. The summed E-state index contributed by atoms with van der Waals surface area (Å²) in [6, 6.07) is 7.57. The quantitative estimate of drug-likeness (QED) is 0.665. The smallest absolute Gasteiger partial charge is 0.182 e. The summed E-state index contributed by atoms with van der Waals surface area (Å²) in [6.07, 6.45) is 0. The van der Waals surface area contributed by atoms with Crippen molar-refractivity contribution in [2.45, 2.75) is 0 Å². The molecule has 96 valence electrons. The predicted octanol–water partition coefficient (Wildman–Crippen LogP) is 4.11. The molecule has 0 bridgehead atoms. The van der Waals surface area contributed by atoms with Crippen LogP contribution in [0.1, 0.15) is 0 Å². The van der Waals surface area contributed by atoms with Crippen LogP contribution in [0.2, 0.25) is 0 Å². The highest BCUT2D eigenvalue weighted by molar-refractivity contribution is 7.71. The Balaban J connectivity index is 2.32. The molecule has 0 spiro atoms. The zero-order valence-electron chi connectivity index (χ0n) is 9.45. The molecule has 0 unspecified atom stereocenters. The van der Waals surface area contributed by atoms with Crippen molar-refractivity contribution in [3.05, 3.63) is 58.6 Å². The lowest BCUT2D eigenvalue weighted by atomic mass is 10.2. The minimum Gasteiger partial charge on any atom is -0.330 e. The van der Waals surface area contributed by atoms with Gasteiger partial charge in [0.15, 0.2) is 16.4 Å². The minimum atomic E-state index is -0.962. The van der Waals surface area contributed by atoms with E-state index in [0.29, 0.717) is 16.7 Å².